The highest BCUT2D eigenvalue weighted by Gasteiger charge is 2.51. The van der Waals surface area contributed by atoms with E-state index >= 15 is 0 Å². The Balaban J connectivity index is 1.41. The summed E-state index contributed by atoms with van der Waals surface area (Å²) in [5, 5.41) is 0. The molecule has 4 heteroatoms. The molecule has 3 fully saturated rings. The van der Waals surface area contributed by atoms with Gasteiger partial charge in [0.15, 0.2) is 0 Å². The first-order valence-corrected chi connectivity index (χ1v) is 8.56. The van der Waals surface area contributed by atoms with E-state index in [0.717, 1.165) is 31.9 Å². The number of hydrogen-bond acceptors (Lipinski definition) is 3. The van der Waals surface area contributed by atoms with Crippen molar-refractivity contribution in [2.45, 2.75) is 38.5 Å². The molecule has 0 N–H and O–H groups in total. The maximum absolute atomic E-state index is 12.4. The molecule has 3 aliphatic rings. The molecular formula is C18H24N2O2. The number of nitrogens with zero attached hydrogens (tertiary/aromatic N) is 2. The first kappa shape index (κ1) is 14.0. The van der Waals surface area contributed by atoms with Crippen LogP contribution >= 0.6 is 0 Å². The van der Waals surface area contributed by atoms with Gasteiger partial charge in [-0.3, -0.25) is 9.78 Å². The second kappa shape index (κ2) is 5.56. The van der Waals surface area contributed by atoms with Crippen molar-refractivity contribution < 1.29 is 9.53 Å². The summed E-state index contributed by atoms with van der Waals surface area (Å²) in [4.78, 5) is 18.6. The average molecular weight is 300 g/mol. The lowest BCUT2D eigenvalue weighted by atomic mass is 9.81. The second-order valence-corrected chi connectivity index (χ2v) is 7.35. The molecule has 1 saturated heterocycles. The lowest BCUT2D eigenvalue weighted by Crippen LogP contribution is -2.35. The Morgan fingerprint density at radius 3 is 3.09 bits per heavy atom. The smallest absolute Gasteiger partial charge is 0.222 e. The summed E-state index contributed by atoms with van der Waals surface area (Å²) in [7, 11) is 0. The van der Waals surface area contributed by atoms with Gasteiger partial charge in [0, 0.05) is 31.1 Å². The van der Waals surface area contributed by atoms with Crippen LogP contribution in [0.25, 0.3) is 0 Å². The van der Waals surface area contributed by atoms with Crippen LogP contribution in [0.1, 0.15) is 38.5 Å². The lowest BCUT2D eigenvalue weighted by Gasteiger charge is -2.28. The van der Waals surface area contributed by atoms with Gasteiger partial charge < -0.3 is 9.64 Å². The van der Waals surface area contributed by atoms with Crippen molar-refractivity contribution >= 4 is 5.91 Å². The summed E-state index contributed by atoms with van der Waals surface area (Å²) in [5.41, 5.74) is 0.176. The molecular weight excluding hydrogens is 276 g/mol. The number of hydrogen-bond donors (Lipinski definition) is 0. The summed E-state index contributed by atoms with van der Waals surface area (Å²) in [6.45, 7) is 2.56. The zero-order valence-electron chi connectivity index (χ0n) is 13.0. The van der Waals surface area contributed by atoms with Crippen LogP contribution in [0.4, 0.5) is 0 Å². The molecule has 4 nitrogen and oxygen atoms in total. The predicted octanol–water partition coefficient (Wildman–Crippen LogP) is 2.89. The molecule has 1 aliphatic heterocycles. The van der Waals surface area contributed by atoms with E-state index in [1.54, 1.807) is 12.4 Å². The number of carbonyl (C=O) groups is 1. The number of carbonyl (C=O) groups excluding carboxylic acids is 1. The number of ether oxygens (including phenoxy) is 1. The number of fused-ring (bicyclic) bond motifs is 1. The summed E-state index contributed by atoms with van der Waals surface area (Å²) < 4.78 is 6.02. The second-order valence-electron chi connectivity index (χ2n) is 7.35. The van der Waals surface area contributed by atoms with Gasteiger partial charge in [0.05, 0.1) is 12.8 Å². The highest BCUT2D eigenvalue weighted by atomic mass is 16.5. The fraction of sp³-hybridized carbons (Fsp3) is 0.667. The SMILES string of the molecule is O=C(CC1CC1)N1C[C@H]2CCC[C@@]2(COc2cccnc2)C1. The van der Waals surface area contributed by atoms with Crippen LogP contribution in [0.15, 0.2) is 24.5 Å². The van der Waals surface area contributed by atoms with Gasteiger partial charge in [0.2, 0.25) is 5.91 Å². The van der Waals surface area contributed by atoms with Gasteiger partial charge in [0.25, 0.3) is 0 Å². The van der Waals surface area contributed by atoms with Gasteiger partial charge in [0.1, 0.15) is 5.75 Å². The van der Waals surface area contributed by atoms with Gasteiger partial charge in [-0.2, -0.15) is 0 Å². The molecule has 2 aliphatic carbocycles. The quantitative estimate of drug-likeness (QED) is 0.839. The van der Waals surface area contributed by atoms with Crippen LogP contribution in [0.5, 0.6) is 5.75 Å². The normalized spacial score (nSPS) is 30.4. The van der Waals surface area contributed by atoms with Crippen molar-refractivity contribution in [3.8, 4) is 5.75 Å². The Morgan fingerprint density at radius 2 is 2.32 bits per heavy atom. The maximum Gasteiger partial charge on any atom is 0.222 e. The highest BCUT2D eigenvalue weighted by Crippen LogP contribution is 2.49. The Morgan fingerprint density at radius 1 is 1.41 bits per heavy atom. The molecule has 1 amide bonds. The Labute approximate surface area is 131 Å². The monoisotopic (exact) mass is 300 g/mol. The molecule has 4 rings (SSSR count). The van der Waals surface area contributed by atoms with Gasteiger partial charge in [-0.15, -0.1) is 0 Å². The predicted molar refractivity (Wildman–Crippen MR) is 83.4 cm³/mol. The van der Waals surface area contributed by atoms with Crippen LogP contribution in [0, 0.1) is 17.3 Å². The van der Waals surface area contributed by atoms with Crippen LogP contribution in [0.3, 0.4) is 0 Å². The summed E-state index contributed by atoms with van der Waals surface area (Å²) in [6.07, 6.45) is 10.5. The summed E-state index contributed by atoms with van der Waals surface area (Å²) in [6, 6.07) is 3.86. The number of rotatable bonds is 5. The first-order valence-electron chi connectivity index (χ1n) is 8.56. The minimum absolute atomic E-state index is 0.176. The van der Waals surface area contributed by atoms with Gasteiger partial charge in [-0.05, 0) is 49.7 Å². The van der Waals surface area contributed by atoms with Crippen molar-refractivity contribution in [3.63, 3.8) is 0 Å². The third-order valence-electron chi connectivity index (χ3n) is 5.71. The van der Waals surface area contributed by atoms with E-state index in [1.165, 1.54) is 32.1 Å². The van der Waals surface area contributed by atoms with Crippen molar-refractivity contribution in [1.29, 1.82) is 0 Å². The zero-order chi connectivity index (χ0) is 15.0. The van der Waals surface area contributed by atoms with Crippen LogP contribution < -0.4 is 4.74 Å². The highest BCUT2D eigenvalue weighted by molar-refractivity contribution is 5.77. The van der Waals surface area contributed by atoms with Crippen molar-refractivity contribution in [2.75, 3.05) is 19.7 Å². The standard InChI is InChI=1S/C18H24N2O2/c21-17(9-14-5-6-14)20-11-15-3-1-7-18(15,12-20)13-22-16-4-2-8-19-10-16/h2,4,8,10,14-15H,1,3,5-7,9,11-13H2/t15-,18+/m1/s1. The van der Waals surface area contributed by atoms with Crippen molar-refractivity contribution in [3.05, 3.63) is 24.5 Å². The number of likely N-dealkylation sites (tertiary alicyclic amines) is 1. The molecule has 1 aromatic heterocycles. The number of aromatic nitrogens is 1. The third-order valence-corrected chi connectivity index (χ3v) is 5.71. The van der Waals surface area contributed by atoms with E-state index in [-0.39, 0.29) is 5.41 Å². The van der Waals surface area contributed by atoms with Crippen LogP contribution in [-0.2, 0) is 4.79 Å². The Kier molecular flexibility index (Phi) is 3.55. The zero-order valence-corrected chi connectivity index (χ0v) is 13.0. The topological polar surface area (TPSA) is 42.4 Å². The molecule has 0 bridgehead atoms. The van der Waals surface area contributed by atoms with Gasteiger partial charge in [-0.1, -0.05) is 6.42 Å². The van der Waals surface area contributed by atoms with E-state index in [0.29, 0.717) is 17.7 Å². The molecule has 2 atom stereocenters. The maximum atomic E-state index is 12.4. The molecule has 2 saturated carbocycles. The van der Waals surface area contributed by atoms with E-state index in [4.69, 9.17) is 4.74 Å². The Hall–Kier alpha value is -1.58. The third kappa shape index (κ3) is 2.71. The average Bonchev–Trinajstić information content (AvgIpc) is 3.14. The number of pyridine rings is 1. The van der Waals surface area contributed by atoms with Crippen molar-refractivity contribution in [2.24, 2.45) is 17.3 Å². The van der Waals surface area contributed by atoms with Gasteiger partial charge in [-0.25, -0.2) is 0 Å². The largest absolute Gasteiger partial charge is 0.491 e. The lowest BCUT2D eigenvalue weighted by molar-refractivity contribution is -0.131. The first-order chi connectivity index (χ1) is 10.8. The summed E-state index contributed by atoms with van der Waals surface area (Å²) >= 11 is 0. The van der Waals surface area contributed by atoms with Crippen molar-refractivity contribution in [1.82, 2.24) is 9.88 Å². The van der Waals surface area contributed by atoms with Crippen LogP contribution in [-0.4, -0.2) is 35.5 Å². The Bertz CT molecular complexity index is 543. The molecule has 1 aromatic rings. The minimum atomic E-state index is 0.176. The van der Waals surface area contributed by atoms with Crippen LogP contribution in [0.2, 0.25) is 0 Å². The minimum Gasteiger partial charge on any atom is -0.491 e. The van der Waals surface area contributed by atoms with E-state index in [2.05, 4.69) is 9.88 Å². The molecule has 0 unspecified atom stereocenters. The molecule has 0 aromatic carbocycles. The molecule has 118 valence electrons. The van der Waals surface area contributed by atoms with E-state index < -0.39 is 0 Å². The van der Waals surface area contributed by atoms with E-state index in [9.17, 15) is 4.79 Å². The number of amides is 1. The fourth-order valence-electron chi connectivity index (χ4n) is 4.20. The molecule has 0 spiro atoms. The molecule has 2 heterocycles. The summed E-state index contributed by atoms with van der Waals surface area (Å²) in [5.74, 6) is 2.51. The fourth-order valence-corrected chi connectivity index (χ4v) is 4.20. The molecule has 22 heavy (non-hydrogen) atoms. The molecule has 0 radical (unpaired) electrons. The van der Waals surface area contributed by atoms with Gasteiger partial charge >= 0.3 is 0 Å². The van der Waals surface area contributed by atoms with E-state index in [1.807, 2.05) is 12.1 Å².